The molecule has 0 bridgehead atoms. The van der Waals surface area contributed by atoms with Gasteiger partial charge in [-0.1, -0.05) is 41.4 Å². The molecule has 0 aliphatic carbocycles. The van der Waals surface area contributed by atoms with Gasteiger partial charge < -0.3 is 5.32 Å². The molecule has 0 aromatic heterocycles. The molecule has 0 heterocycles. The lowest BCUT2D eigenvalue weighted by atomic mass is 10.1. The zero-order valence-electron chi connectivity index (χ0n) is 15.8. The minimum Gasteiger partial charge on any atom is -0.355 e. The van der Waals surface area contributed by atoms with Crippen LogP contribution in [-0.4, -0.2) is 33.7 Å². The second kappa shape index (κ2) is 9.24. The summed E-state index contributed by atoms with van der Waals surface area (Å²) in [5.41, 5.74) is 3.52. The molecule has 0 radical (unpaired) electrons. The minimum atomic E-state index is -3.57. The van der Waals surface area contributed by atoms with Gasteiger partial charge in [0.15, 0.2) is 0 Å². The summed E-state index contributed by atoms with van der Waals surface area (Å²) in [6.45, 7) is 4.02. The molecule has 0 aliphatic rings. The number of amides is 1. The van der Waals surface area contributed by atoms with Crippen LogP contribution in [0.4, 0.5) is 5.69 Å². The molecule has 0 spiro atoms. The summed E-state index contributed by atoms with van der Waals surface area (Å²) in [5, 5.41) is 3.49. The van der Waals surface area contributed by atoms with Gasteiger partial charge in [-0.25, -0.2) is 8.42 Å². The van der Waals surface area contributed by atoms with Gasteiger partial charge in [0.25, 0.3) is 0 Å². The second-order valence-corrected chi connectivity index (χ2v) is 8.98. The highest BCUT2D eigenvalue weighted by Crippen LogP contribution is 2.23. The molecule has 146 valence electrons. The van der Waals surface area contributed by atoms with Gasteiger partial charge in [0.2, 0.25) is 15.9 Å². The summed E-state index contributed by atoms with van der Waals surface area (Å²) in [7, 11) is -3.57. The SMILES string of the molecule is Cc1ccc(N(CC(=O)NCCCc2ccc(Cl)cc2)S(C)(=O)=O)c(C)c1. The van der Waals surface area contributed by atoms with Crippen molar-refractivity contribution in [2.24, 2.45) is 0 Å². The zero-order valence-corrected chi connectivity index (χ0v) is 17.4. The van der Waals surface area contributed by atoms with E-state index in [1.807, 2.05) is 50.2 Å². The Morgan fingerprint density at radius 2 is 1.78 bits per heavy atom. The minimum absolute atomic E-state index is 0.232. The van der Waals surface area contributed by atoms with Gasteiger partial charge in [0, 0.05) is 11.6 Å². The van der Waals surface area contributed by atoms with E-state index in [4.69, 9.17) is 11.6 Å². The van der Waals surface area contributed by atoms with Crippen molar-refractivity contribution < 1.29 is 13.2 Å². The van der Waals surface area contributed by atoms with Crippen molar-refractivity contribution >= 4 is 33.2 Å². The van der Waals surface area contributed by atoms with E-state index < -0.39 is 10.0 Å². The lowest BCUT2D eigenvalue weighted by molar-refractivity contribution is -0.119. The highest BCUT2D eigenvalue weighted by molar-refractivity contribution is 7.92. The van der Waals surface area contributed by atoms with Crippen molar-refractivity contribution in [3.8, 4) is 0 Å². The van der Waals surface area contributed by atoms with E-state index in [-0.39, 0.29) is 12.5 Å². The van der Waals surface area contributed by atoms with Crippen LogP contribution < -0.4 is 9.62 Å². The van der Waals surface area contributed by atoms with Crippen molar-refractivity contribution in [2.45, 2.75) is 26.7 Å². The van der Waals surface area contributed by atoms with Crippen molar-refractivity contribution in [3.05, 3.63) is 64.2 Å². The maximum Gasteiger partial charge on any atom is 0.240 e. The molecule has 2 aromatic carbocycles. The number of carbonyl (C=O) groups is 1. The number of hydrogen-bond acceptors (Lipinski definition) is 3. The summed E-state index contributed by atoms with van der Waals surface area (Å²) in [6.07, 6.45) is 2.68. The third-order valence-electron chi connectivity index (χ3n) is 4.19. The van der Waals surface area contributed by atoms with Gasteiger partial charge in [0.1, 0.15) is 6.54 Å². The van der Waals surface area contributed by atoms with E-state index in [9.17, 15) is 13.2 Å². The standard InChI is InChI=1S/C20H25ClN2O3S/c1-15-6-11-19(16(2)13-15)23(27(3,25)26)14-20(24)22-12-4-5-17-7-9-18(21)10-8-17/h6-11,13H,4-5,12,14H2,1-3H3,(H,22,24). The van der Waals surface area contributed by atoms with E-state index in [1.54, 1.807) is 6.07 Å². The van der Waals surface area contributed by atoms with Crippen LogP contribution >= 0.6 is 11.6 Å². The number of anilines is 1. The van der Waals surface area contributed by atoms with Crippen LogP contribution in [0, 0.1) is 13.8 Å². The van der Waals surface area contributed by atoms with Gasteiger partial charge in [-0.3, -0.25) is 9.10 Å². The second-order valence-electron chi connectivity index (χ2n) is 6.64. The van der Waals surface area contributed by atoms with Crippen molar-refractivity contribution in [2.75, 3.05) is 23.7 Å². The maximum atomic E-state index is 12.3. The fourth-order valence-corrected chi connectivity index (χ4v) is 3.86. The number of benzene rings is 2. The zero-order chi connectivity index (χ0) is 20.0. The van der Waals surface area contributed by atoms with Crippen LogP contribution in [0.5, 0.6) is 0 Å². The Morgan fingerprint density at radius 3 is 2.37 bits per heavy atom. The Labute approximate surface area is 166 Å². The number of carbonyl (C=O) groups excluding carboxylic acids is 1. The van der Waals surface area contributed by atoms with E-state index in [0.29, 0.717) is 17.3 Å². The topological polar surface area (TPSA) is 66.5 Å². The van der Waals surface area contributed by atoms with Crippen molar-refractivity contribution in [3.63, 3.8) is 0 Å². The number of rotatable bonds is 8. The molecule has 2 aromatic rings. The highest BCUT2D eigenvalue weighted by atomic mass is 35.5. The summed E-state index contributed by atoms with van der Waals surface area (Å²) in [6, 6.07) is 13.1. The Hall–Kier alpha value is -2.05. The van der Waals surface area contributed by atoms with E-state index in [1.165, 1.54) is 0 Å². The Morgan fingerprint density at radius 1 is 1.11 bits per heavy atom. The molecule has 0 unspecified atom stereocenters. The highest BCUT2D eigenvalue weighted by Gasteiger charge is 2.22. The third kappa shape index (κ3) is 6.56. The molecule has 5 nitrogen and oxygen atoms in total. The molecular formula is C20H25ClN2O3S. The fourth-order valence-electron chi connectivity index (χ4n) is 2.82. The predicted molar refractivity (Wildman–Crippen MR) is 111 cm³/mol. The number of nitrogens with one attached hydrogen (secondary N) is 1. The average Bonchev–Trinajstić information content (AvgIpc) is 2.58. The summed E-state index contributed by atoms with van der Waals surface area (Å²) in [5.74, 6) is -0.323. The summed E-state index contributed by atoms with van der Waals surface area (Å²) < 4.78 is 25.5. The first-order chi connectivity index (χ1) is 12.7. The molecule has 27 heavy (non-hydrogen) atoms. The van der Waals surface area contributed by atoms with Crippen LogP contribution in [0.25, 0.3) is 0 Å². The molecule has 0 fully saturated rings. The average molecular weight is 409 g/mol. The maximum absolute atomic E-state index is 12.3. The predicted octanol–water partition coefficient (Wildman–Crippen LogP) is 3.47. The fraction of sp³-hybridized carbons (Fsp3) is 0.350. The lowest BCUT2D eigenvalue weighted by Crippen LogP contribution is -2.41. The smallest absolute Gasteiger partial charge is 0.240 e. The summed E-state index contributed by atoms with van der Waals surface area (Å²) >= 11 is 5.86. The van der Waals surface area contributed by atoms with Crippen LogP contribution in [0.1, 0.15) is 23.1 Å². The number of sulfonamides is 1. The lowest BCUT2D eigenvalue weighted by Gasteiger charge is -2.24. The number of halogens is 1. The van der Waals surface area contributed by atoms with Gasteiger partial charge in [-0.05, 0) is 56.0 Å². The number of hydrogen-bond donors (Lipinski definition) is 1. The molecule has 1 amide bonds. The van der Waals surface area contributed by atoms with Crippen molar-refractivity contribution in [1.29, 1.82) is 0 Å². The molecule has 0 saturated heterocycles. The first-order valence-corrected chi connectivity index (χ1v) is 11.0. The van der Waals surface area contributed by atoms with E-state index >= 15 is 0 Å². The molecular weight excluding hydrogens is 384 g/mol. The van der Waals surface area contributed by atoms with Crippen molar-refractivity contribution in [1.82, 2.24) is 5.32 Å². The Balaban J connectivity index is 1.93. The van der Waals surface area contributed by atoms with Gasteiger partial charge in [-0.15, -0.1) is 0 Å². The monoisotopic (exact) mass is 408 g/mol. The summed E-state index contributed by atoms with van der Waals surface area (Å²) in [4.78, 5) is 12.3. The van der Waals surface area contributed by atoms with Gasteiger partial charge in [-0.2, -0.15) is 0 Å². The van der Waals surface area contributed by atoms with Crippen LogP contribution in [0.15, 0.2) is 42.5 Å². The normalized spacial score (nSPS) is 11.3. The van der Waals surface area contributed by atoms with E-state index in [2.05, 4.69) is 5.32 Å². The quantitative estimate of drug-likeness (QED) is 0.680. The van der Waals surface area contributed by atoms with Crippen LogP contribution in [0.3, 0.4) is 0 Å². The van der Waals surface area contributed by atoms with Crippen LogP contribution in [-0.2, 0) is 21.2 Å². The molecule has 0 aliphatic heterocycles. The van der Waals surface area contributed by atoms with Crippen LogP contribution in [0.2, 0.25) is 5.02 Å². The molecule has 0 atom stereocenters. The Kier molecular flexibility index (Phi) is 7.27. The first kappa shape index (κ1) is 21.3. The number of nitrogens with zero attached hydrogens (tertiary/aromatic N) is 1. The molecule has 1 N–H and O–H groups in total. The molecule has 7 heteroatoms. The third-order valence-corrected chi connectivity index (χ3v) is 5.56. The number of aryl methyl sites for hydroxylation is 3. The molecule has 0 saturated carbocycles. The largest absolute Gasteiger partial charge is 0.355 e. The molecule has 2 rings (SSSR count). The first-order valence-electron chi connectivity index (χ1n) is 8.73. The van der Waals surface area contributed by atoms with E-state index in [0.717, 1.165) is 40.1 Å². The Bertz CT molecular complexity index is 896. The van der Waals surface area contributed by atoms with Gasteiger partial charge >= 0.3 is 0 Å². The van der Waals surface area contributed by atoms with Gasteiger partial charge in [0.05, 0.1) is 11.9 Å².